The first-order valence-electron chi connectivity index (χ1n) is 3.29. The van der Waals surface area contributed by atoms with E-state index >= 15 is 0 Å². The van der Waals surface area contributed by atoms with Gasteiger partial charge >= 0.3 is 0 Å². The van der Waals surface area contributed by atoms with Crippen LogP contribution in [0.1, 0.15) is 13.3 Å². The molecule has 0 bridgehead atoms. The fraction of sp³-hybridized carbons (Fsp3) is 0.714. The molecule has 0 aliphatic rings. The molecule has 0 aromatic carbocycles. The third-order valence-electron chi connectivity index (χ3n) is 0.995. The maximum absolute atomic E-state index is 11.4. The van der Waals surface area contributed by atoms with Crippen LogP contribution >= 0.6 is 0 Å². The molecule has 0 aliphatic heterocycles. The van der Waals surface area contributed by atoms with Crippen LogP contribution in [0.5, 0.6) is 0 Å². The molecular formula is C7H14FN. The van der Waals surface area contributed by atoms with Gasteiger partial charge in [-0.15, -0.1) is 0 Å². The topological polar surface area (TPSA) is 12.0 Å². The van der Waals surface area contributed by atoms with Crippen molar-refractivity contribution in [3.8, 4) is 0 Å². The summed E-state index contributed by atoms with van der Waals surface area (Å²) in [5, 5.41) is 2.94. The van der Waals surface area contributed by atoms with Crippen LogP contribution < -0.4 is 5.32 Å². The van der Waals surface area contributed by atoms with Gasteiger partial charge in [-0.1, -0.05) is 12.2 Å². The smallest absolute Gasteiger partial charge is 0.102 e. The molecule has 0 saturated heterocycles. The number of halogens is 1. The van der Waals surface area contributed by atoms with E-state index in [1.807, 2.05) is 13.0 Å². The fourth-order valence-electron chi connectivity index (χ4n) is 0.544. The molecule has 2 heteroatoms. The van der Waals surface area contributed by atoms with Gasteiger partial charge in [0.05, 0.1) is 0 Å². The van der Waals surface area contributed by atoms with E-state index < -0.39 is 0 Å². The summed E-state index contributed by atoms with van der Waals surface area (Å²) in [6.07, 6.45) is 5.05. The zero-order valence-corrected chi connectivity index (χ0v) is 5.86. The molecule has 1 nitrogen and oxygen atoms in total. The highest BCUT2D eigenvalue weighted by Crippen LogP contribution is 1.78. The minimum Gasteiger partial charge on any atom is -0.314 e. The van der Waals surface area contributed by atoms with E-state index in [1.165, 1.54) is 0 Å². The van der Waals surface area contributed by atoms with Gasteiger partial charge in [-0.3, -0.25) is 0 Å². The van der Waals surface area contributed by atoms with E-state index in [-0.39, 0.29) is 6.67 Å². The average Bonchev–Trinajstić information content (AvgIpc) is 1.89. The molecule has 1 N–H and O–H groups in total. The van der Waals surface area contributed by atoms with Gasteiger partial charge in [0.25, 0.3) is 0 Å². The van der Waals surface area contributed by atoms with Gasteiger partial charge in [0, 0.05) is 6.54 Å². The van der Waals surface area contributed by atoms with Crippen molar-refractivity contribution in [3.63, 3.8) is 0 Å². The molecule has 0 aromatic heterocycles. The number of hydrogen-bond donors (Lipinski definition) is 1. The predicted molar refractivity (Wildman–Crippen MR) is 38.3 cm³/mol. The van der Waals surface area contributed by atoms with Gasteiger partial charge in [-0.05, 0) is 19.9 Å². The number of alkyl halides is 1. The van der Waals surface area contributed by atoms with Crippen molar-refractivity contribution < 1.29 is 4.39 Å². The summed E-state index contributed by atoms with van der Waals surface area (Å²) in [6.45, 7) is 3.08. The van der Waals surface area contributed by atoms with Crippen molar-refractivity contribution in [2.24, 2.45) is 0 Å². The van der Waals surface area contributed by atoms with Crippen molar-refractivity contribution in [2.45, 2.75) is 13.3 Å². The molecule has 0 unspecified atom stereocenters. The third-order valence-corrected chi connectivity index (χ3v) is 0.995. The average molecular weight is 131 g/mol. The SMILES string of the molecule is C/C=C/CCNCCF. The second kappa shape index (κ2) is 7.63. The van der Waals surface area contributed by atoms with Crippen molar-refractivity contribution in [2.75, 3.05) is 19.8 Å². The molecule has 0 amide bonds. The van der Waals surface area contributed by atoms with Crippen LogP contribution in [0.4, 0.5) is 4.39 Å². The van der Waals surface area contributed by atoms with Crippen LogP contribution in [-0.2, 0) is 0 Å². The second-order valence-corrected chi connectivity index (χ2v) is 1.80. The monoisotopic (exact) mass is 131 g/mol. The van der Waals surface area contributed by atoms with Crippen LogP contribution in [0.15, 0.2) is 12.2 Å². The van der Waals surface area contributed by atoms with E-state index in [1.54, 1.807) is 0 Å². The van der Waals surface area contributed by atoms with Gasteiger partial charge in [-0.2, -0.15) is 0 Å². The Bertz CT molecular complexity index is 71.3. The molecule has 0 aromatic rings. The van der Waals surface area contributed by atoms with Gasteiger partial charge in [0.1, 0.15) is 6.67 Å². The summed E-state index contributed by atoms with van der Waals surface area (Å²) in [7, 11) is 0. The third kappa shape index (κ3) is 7.63. The number of hydrogen-bond acceptors (Lipinski definition) is 1. The van der Waals surface area contributed by atoms with Crippen molar-refractivity contribution in [3.05, 3.63) is 12.2 Å². The first-order chi connectivity index (χ1) is 4.41. The molecular weight excluding hydrogens is 117 g/mol. The Hall–Kier alpha value is -0.370. The Labute approximate surface area is 56.0 Å². The van der Waals surface area contributed by atoms with Gasteiger partial charge in [0.15, 0.2) is 0 Å². The standard InChI is InChI=1S/C7H14FN/c1-2-3-4-6-9-7-5-8/h2-3,9H,4-7H2,1H3/b3-2+. The minimum absolute atomic E-state index is 0.268. The van der Waals surface area contributed by atoms with Crippen molar-refractivity contribution >= 4 is 0 Å². The molecule has 0 saturated carbocycles. The molecule has 9 heavy (non-hydrogen) atoms. The van der Waals surface area contributed by atoms with Gasteiger partial charge in [0.2, 0.25) is 0 Å². The minimum atomic E-state index is -0.268. The van der Waals surface area contributed by atoms with E-state index in [4.69, 9.17) is 0 Å². The normalized spacial score (nSPS) is 10.9. The first kappa shape index (κ1) is 8.63. The lowest BCUT2D eigenvalue weighted by atomic mass is 10.4. The lowest BCUT2D eigenvalue weighted by molar-refractivity contribution is 0.469. The van der Waals surface area contributed by atoms with Crippen LogP contribution in [0.3, 0.4) is 0 Å². The molecule has 0 atom stereocenters. The summed E-state index contributed by atoms with van der Waals surface area (Å²) in [5.74, 6) is 0. The van der Waals surface area contributed by atoms with E-state index in [9.17, 15) is 4.39 Å². The number of nitrogens with one attached hydrogen (secondary N) is 1. The molecule has 54 valence electrons. The fourth-order valence-corrected chi connectivity index (χ4v) is 0.544. The zero-order chi connectivity index (χ0) is 6.95. The highest BCUT2D eigenvalue weighted by Gasteiger charge is 1.80. The number of allylic oxidation sites excluding steroid dienone is 1. The Balaban J connectivity index is 2.75. The Morgan fingerprint density at radius 1 is 1.44 bits per heavy atom. The lowest BCUT2D eigenvalue weighted by Gasteiger charge is -1.95. The largest absolute Gasteiger partial charge is 0.314 e. The van der Waals surface area contributed by atoms with E-state index in [2.05, 4.69) is 11.4 Å². The summed E-state index contributed by atoms with van der Waals surface area (Å²) in [6, 6.07) is 0. The Kier molecular flexibility index (Phi) is 7.32. The van der Waals surface area contributed by atoms with Crippen molar-refractivity contribution in [1.29, 1.82) is 0 Å². The van der Waals surface area contributed by atoms with E-state index in [0.29, 0.717) is 6.54 Å². The molecule has 0 heterocycles. The summed E-state index contributed by atoms with van der Waals surface area (Å²) < 4.78 is 11.4. The highest BCUT2D eigenvalue weighted by atomic mass is 19.1. The summed E-state index contributed by atoms with van der Waals surface area (Å²) in [4.78, 5) is 0. The molecule has 0 rings (SSSR count). The zero-order valence-electron chi connectivity index (χ0n) is 5.86. The van der Waals surface area contributed by atoms with Crippen LogP contribution in [0.2, 0.25) is 0 Å². The molecule has 0 aliphatic carbocycles. The van der Waals surface area contributed by atoms with Gasteiger partial charge < -0.3 is 5.32 Å². The van der Waals surface area contributed by atoms with Crippen LogP contribution in [0, 0.1) is 0 Å². The van der Waals surface area contributed by atoms with Gasteiger partial charge in [-0.25, -0.2) is 4.39 Å². The molecule has 0 spiro atoms. The molecule has 0 radical (unpaired) electrons. The quantitative estimate of drug-likeness (QED) is 0.440. The molecule has 0 fully saturated rings. The maximum Gasteiger partial charge on any atom is 0.102 e. The Morgan fingerprint density at radius 3 is 2.78 bits per heavy atom. The first-order valence-corrected chi connectivity index (χ1v) is 3.29. The second-order valence-electron chi connectivity index (χ2n) is 1.80. The lowest BCUT2D eigenvalue weighted by Crippen LogP contribution is -2.17. The highest BCUT2D eigenvalue weighted by molar-refractivity contribution is 4.77. The van der Waals surface area contributed by atoms with Crippen LogP contribution in [-0.4, -0.2) is 19.8 Å². The van der Waals surface area contributed by atoms with Crippen molar-refractivity contribution in [1.82, 2.24) is 5.32 Å². The van der Waals surface area contributed by atoms with E-state index in [0.717, 1.165) is 13.0 Å². The Morgan fingerprint density at radius 2 is 2.22 bits per heavy atom. The van der Waals surface area contributed by atoms with Crippen LogP contribution in [0.25, 0.3) is 0 Å². The summed E-state index contributed by atoms with van der Waals surface area (Å²) >= 11 is 0. The maximum atomic E-state index is 11.4. The summed E-state index contributed by atoms with van der Waals surface area (Å²) in [5.41, 5.74) is 0. The predicted octanol–water partition coefficient (Wildman–Crippen LogP) is 1.51. The number of rotatable bonds is 5.